The van der Waals surface area contributed by atoms with Crippen molar-refractivity contribution >= 4 is 15.0 Å². The van der Waals surface area contributed by atoms with Crippen LogP contribution >= 0.6 is 15.0 Å². The summed E-state index contributed by atoms with van der Waals surface area (Å²) in [7, 11) is -7.60. The fraction of sp³-hybridized carbons (Fsp3) is 0.700. The van der Waals surface area contributed by atoms with Gasteiger partial charge in [0.15, 0.2) is 0 Å². The molecule has 27 heavy (non-hydrogen) atoms. The molecule has 0 saturated heterocycles. The van der Waals surface area contributed by atoms with E-state index in [1.165, 1.54) is 16.7 Å². The van der Waals surface area contributed by atoms with Crippen LogP contribution in [0.3, 0.4) is 0 Å². The maximum Gasteiger partial charge on any atom is 0.335 e. The van der Waals surface area contributed by atoms with E-state index >= 15 is 0 Å². The predicted molar refractivity (Wildman–Crippen MR) is 116 cm³/mol. The smallest absolute Gasteiger partial charge is 0.328 e. The van der Waals surface area contributed by atoms with E-state index in [1.54, 1.807) is 6.92 Å². The highest BCUT2D eigenvalue weighted by Crippen LogP contribution is 2.58. The van der Waals surface area contributed by atoms with Crippen LogP contribution in [0.2, 0.25) is 0 Å². The molecule has 5 nitrogen and oxygen atoms in total. The summed E-state index contributed by atoms with van der Waals surface area (Å²) >= 11 is 0. The van der Waals surface area contributed by atoms with Gasteiger partial charge >= 0.3 is 7.60 Å². The van der Waals surface area contributed by atoms with Gasteiger partial charge in [-0.05, 0) is 73.1 Å². The Labute approximate surface area is 165 Å². The summed E-state index contributed by atoms with van der Waals surface area (Å²) < 4.78 is 28.8. The third-order valence-electron chi connectivity index (χ3n) is 4.08. The summed E-state index contributed by atoms with van der Waals surface area (Å²) in [5.41, 5.74) is 4.05. The summed E-state index contributed by atoms with van der Waals surface area (Å²) in [5, 5.41) is 0. The highest BCUT2D eigenvalue weighted by Gasteiger charge is 2.31. The molecule has 1 unspecified atom stereocenters. The molecule has 0 aromatic rings. The second kappa shape index (κ2) is 13.7. The van der Waals surface area contributed by atoms with Gasteiger partial charge < -0.3 is 14.3 Å². The minimum atomic E-state index is -4.34. The minimum absolute atomic E-state index is 0.200. The molecule has 0 heterocycles. The summed E-state index contributed by atoms with van der Waals surface area (Å²) in [6.45, 7) is 10.4. The lowest BCUT2D eigenvalue weighted by molar-refractivity contribution is 0.329. The van der Waals surface area contributed by atoms with Crippen LogP contribution in [0.5, 0.6) is 0 Å². The molecule has 0 amide bonds. The van der Waals surface area contributed by atoms with Crippen molar-refractivity contribution in [3.8, 4) is 0 Å². The van der Waals surface area contributed by atoms with Crippen molar-refractivity contribution in [1.82, 2.24) is 0 Å². The molecule has 2 N–H and O–H groups in total. The molecule has 0 aromatic heterocycles. The van der Waals surface area contributed by atoms with Gasteiger partial charge in [0.1, 0.15) is 5.90 Å². The molecule has 0 saturated carbocycles. The van der Waals surface area contributed by atoms with Gasteiger partial charge in [-0.15, -0.1) is 0 Å². The van der Waals surface area contributed by atoms with Gasteiger partial charge in [-0.1, -0.05) is 34.9 Å². The number of allylic oxidation sites excluding steroid dienone is 6. The van der Waals surface area contributed by atoms with Crippen LogP contribution in [0, 0.1) is 0 Å². The second-order valence-corrected chi connectivity index (χ2v) is 12.2. The number of unbranched alkanes of at least 4 members (excludes halogenated alkanes) is 1. The van der Waals surface area contributed by atoms with E-state index in [2.05, 4.69) is 45.9 Å². The van der Waals surface area contributed by atoms with Crippen LogP contribution in [0.15, 0.2) is 34.9 Å². The van der Waals surface area contributed by atoms with E-state index < -0.39 is 20.9 Å². The van der Waals surface area contributed by atoms with Gasteiger partial charge in [-0.2, -0.15) is 0 Å². The summed E-state index contributed by atoms with van der Waals surface area (Å²) in [6, 6.07) is 0. The van der Waals surface area contributed by atoms with Crippen LogP contribution in [0.4, 0.5) is 0 Å². The Morgan fingerprint density at radius 3 is 1.89 bits per heavy atom. The minimum Gasteiger partial charge on any atom is -0.328 e. The van der Waals surface area contributed by atoms with Crippen LogP contribution in [-0.2, 0) is 13.7 Å². The van der Waals surface area contributed by atoms with Gasteiger partial charge in [0.25, 0.3) is 0 Å². The first-order valence-corrected chi connectivity index (χ1v) is 13.5. The Morgan fingerprint density at radius 2 is 1.41 bits per heavy atom. The lowest BCUT2D eigenvalue weighted by Crippen LogP contribution is -2.01. The third-order valence-corrected chi connectivity index (χ3v) is 9.01. The van der Waals surface area contributed by atoms with E-state index in [0.717, 1.165) is 32.1 Å². The Bertz CT molecular complexity index is 610. The quantitative estimate of drug-likeness (QED) is 0.187. The van der Waals surface area contributed by atoms with E-state index in [4.69, 9.17) is 14.3 Å². The average Bonchev–Trinajstić information content (AvgIpc) is 2.49. The standard InChI is InChI=1S/C20H38O5P2/c1-6-25-26(21,17-27(22,23)24)16-8-7-12-19(4)14-10-15-20(5)13-9-11-18(2)3/h11-12,15H,6-10,13-14,16-17H2,1-5H3,(H2,22,23,24)/b19-12+,20-15+. The molecule has 0 aliphatic heterocycles. The van der Waals surface area contributed by atoms with Crippen LogP contribution in [0.1, 0.15) is 73.1 Å². The number of hydrogen-bond acceptors (Lipinski definition) is 3. The molecule has 158 valence electrons. The van der Waals surface area contributed by atoms with Crippen molar-refractivity contribution in [3.63, 3.8) is 0 Å². The van der Waals surface area contributed by atoms with Crippen LogP contribution < -0.4 is 0 Å². The zero-order valence-electron chi connectivity index (χ0n) is 17.6. The summed E-state index contributed by atoms with van der Waals surface area (Å²) in [5.74, 6) is -0.659. The van der Waals surface area contributed by atoms with Crippen molar-refractivity contribution < 1.29 is 23.4 Å². The molecule has 0 radical (unpaired) electrons. The van der Waals surface area contributed by atoms with E-state index in [9.17, 15) is 9.13 Å². The first kappa shape index (κ1) is 26.6. The summed E-state index contributed by atoms with van der Waals surface area (Å²) in [6.07, 6.45) is 12.4. The first-order chi connectivity index (χ1) is 12.5. The molecule has 1 atom stereocenters. The van der Waals surface area contributed by atoms with Crippen molar-refractivity contribution in [3.05, 3.63) is 34.9 Å². The van der Waals surface area contributed by atoms with Crippen molar-refractivity contribution in [2.45, 2.75) is 73.1 Å². The first-order valence-electron chi connectivity index (χ1n) is 9.69. The Morgan fingerprint density at radius 1 is 0.889 bits per heavy atom. The van der Waals surface area contributed by atoms with E-state index in [0.29, 0.717) is 6.42 Å². The summed E-state index contributed by atoms with van der Waals surface area (Å²) in [4.78, 5) is 18.2. The van der Waals surface area contributed by atoms with Gasteiger partial charge in [0, 0.05) is 6.16 Å². The van der Waals surface area contributed by atoms with E-state index in [1.807, 2.05) is 0 Å². The predicted octanol–water partition coefficient (Wildman–Crippen LogP) is 6.64. The topological polar surface area (TPSA) is 83.8 Å². The number of rotatable bonds is 14. The second-order valence-electron chi connectivity index (χ2n) is 7.36. The number of hydrogen-bond donors (Lipinski definition) is 2. The Balaban J connectivity index is 4.29. The average molecular weight is 420 g/mol. The van der Waals surface area contributed by atoms with Crippen LogP contribution in [-0.4, -0.2) is 28.5 Å². The van der Waals surface area contributed by atoms with Crippen molar-refractivity contribution in [2.75, 3.05) is 18.7 Å². The zero-order valence-corrected chi connectivity index (χ0v) is 19.4. The molecule has 0 aliphatic carbocycles. The lowest BCUT2D eigenvalue weighted by atomic mass is 10.1. The monoisotopic (exact) mass is 420 g/mol. The van der Waals surface area contributed by atoms with Gasteiger partial charge in [-0.25, -0.2) is 0 Å². The molecular weight excluding hydrogens is 382 g/mol. The molecule has 0 fully saturated rings. The molecule has 0 rings (SSSR count). The van der Waals surface area contributed by atoms with Crippen molar-refractivity contribution in [1.29, 1.82) is 0 Å². The normalized spacial score (nSPS) is 15.5. The highest BCUT2D eigenvalue weighted by atomic mass is 31.2. The molecule has 0 aromatic carbocycles. The van der Waals surface area contributed by atoms with Gasteiger partial charge in [0.2, 0.25) is 7.37 Å². The van der Waals surface area contributed by atoms with E-state index in [-0.39, 0.29) is 12.8 Å². The third kappa shape index (κ3) is 16.2. The van der Waals surface area contributed by atoms with Gasteiger partial charge in [-0.3, -0.25) is 9.13 Å². The van der Waals surface area contributed by atoms with Crippen molar-refractivity contribution in [2.24, 2.45) is 0 Å². The molecule has 0 aliphatic rings. The molecule has 0 bridgehead atoms. The maximum absolute atomic E-state index is 12.5. The maximum atomic E-state index is 12.5. The van der Waals surface area contributed by atoms with Crippen LogP contribution in [0.25, 0.3) is 0 Å². The molecule has 7 heteroatoms. The fourth-order valence-corrected chi connectivity index (χ4v) is 7.11. The largest absolute Gasteiger partial charge is 0.335 e. The lowest BCUT2D eigenvalue weighted by Gasteiger charge is -2.18. The SMILES string of the molecule is CCOP(=O)(CCC/C=C(\C)CC/C=C(\C)CCC=C(C)C)CP(=O)(O)O. The Kier molecular flexibility index (Phi) is 13.5. The fourth-order valence-electron chi connectivity index (χ4n) is 2.71. The highest BCUT2D eigenvalue weighted by molar-refractivity contribution is 7.73. The molecular formula is C20H38O5P2. The van der Waals surface area contributed by atoms with Gasteiger partial charge in [0.05, 0.1) is 6.61 Å². The molecule has 0 spiro atoms. The zero-order chi connectivity index (χ0) is 20.9. The Hall–Kier alpha value is -0.440.